The van der Waals surface area contributed by atoms with Crippen LogP contribution >= 0.6 is 0 Å². The Labute approximate surface area is 80.7 Å². The second-order valence-corrected chi connectivity index (χ2v) is 3.96. The number of aldehydes is 1. The Morgan fingerprint density at radius 2 is 1.85 bits per heavy atom. The quantitative estimate of drug-likeness (QED) is 0.507. The van der Waals surface area contributed by atoms with Gasteiger partial charge >= 0.3 is 0 Å². The highest BCUT2D eigenvalue weighted by Gasteiger charge is 2.02. The predicted molar refractivity (Wildman–Crippen MR) is 54.4 cm³/mol. The topological polar surface area (TPSA) is 37.3 Å². The summed E-state index contributed by atoms with van der Waals surface area (Å²) in [4.78, 5) is 10.0. The van der Waals surface area contributed by atoms with Gasteiger partial charge in [-0.05, 0) is 18.3 Å². The number of hydrogen-bond donors (Lipinski definition) is 1. The smallest absolute Gasteiger partial charge is 0.122 e. The normalized spacial score (nSPS) is 16.4. The molecule has 0 aliphatic heterocycles. The molecule has 0 fully saturated rings. The summed E-state index contributed by atoms with van der Waals surface area (Å²) in [6, 6.07) is 0. The first-order valence-corrected chi connectivity index (χ1v) is 4.86. The van der Waals surface area contributed by atoms with E-state index in [9.17, 15) is 9.90 Å². The molecule has 2 heteroatoms. The third-order valence-corrected chi connectivity index (χ3v) is 1.84. The van der Waals surface area contributed by atoms with Crippen molar-refractivity contribution in [2.75, 3.05) is 0 Å². The second-order valence-electron chi connectivity index (χ2n) is 3.96. The van der Waals surface area contributed by atoms with Crippen LogP contribution in [0.5, 0.6) is 0 Å². The van der Waals surface area contributed by atoms with Crippen molar-refractivity contribution in [3.05, 3.63) is 12.2 Å². The van der Waals surface area contributed by atoms with E-state index in [-0.39, 0.29) is 6.42 Å². The maximum absolute atomic E-state index is 10.0. The highest BCUT2D eigenvalue weighted by atomic mass is 16.3. The van der Waals surface area contributed by atoms with Crippen LogP contribution in [0.1, 0.15) is 33.6 Å². The van der Waals surface area contributed by atoms with Gasteiger partial charge in [0, 0.05) is 6.42 Å². The molecule has 0 saturated carbocycles. The molecule has 13 heavy (non-hydrogen) atoms. The standard InChI is InChI=1S/C11H20O2/c1-9(2)8-10(3)4-5-11(13)6-7-12/h4-5,7,9-11,13H,6,8H2,1-3H3. The monoisotopic (exact) mass is 184 g/mol. The molecule has 2 atom stereocenters. The molecule has 2 nitrogen and oxygen atoms in total. The lowest BCUT2D eigenvalue weighted by Gasteiger charge is -2.09. The van der Waals surface area contributed by atoms with Crippen molar-refractivity contribution in [2.24, 2.45) is 11.8 Å². The molecule has 0 aromatic heterocycles. The van der Waals surface area contributed by atoms with Crippen LogP contribution in [0.2, 0.25) is 0 Å². The van der Waals surface area contributed by atoms with E-state index in [0.29, 0.717) is 11.8 Å². The Balaban J connectivity index is 3.74. The Morgan fingerprint density at radius 3 is 2.31 bits per heavy atom. The van der Waals surface area contributed by atoms with Gasteiger partial charge in [0.1, 0.15) is 6.29 Å². The third-order valence-electron chi connectivity index (χ3n) is 1.84. The number of allylic oxidation sites excluding steroid dienone is 1. The van der Waals surface area contributed by atoms with E-state index in [4.69, 9.17) is 0 Å². The summed E-state index contributed by atoms with van der Waals surface area (Å²) in [6.07, 6.45) is 5.14. The number of aliphatic hydroxyl groups excluding tert-OH is 1. The number of hydrogen-bond acceptors (Lipinski definition) is 2. The lowest BCUT2D eigenvalue weighted by Crippen LogP contribution is -2.04. The van der Waals surface area contributed by atoms with Crippen molar-refractivity contribution in [2.45, 2.75) is 39.7 Å². The predicted octanol–water partition coefficient (Wildman–Crippen LogP) is 2.17. The first kappa shape index (κ1) is 12.4. The zero-order valence-electron chi connectivity index (χ0n) is 8.73. The largest absolute Gasteiger partial charge is 0.389 e. The SMILES string of the molecule is CC(C)CC(C)C=CC(O)CC=O. The van der Waals surface area contributed by atoms with Crippen molar-refractivity contribution in [3.63, 3.8) is 0 Å². The highest BCUT2D eigenvalue weighted by molar-refractivity contribution is 5.50. The maximum Gasteiger partial charge on any atom is 0.122 e. The molecule has 0 bridgehead atoms. The van der Waals surface area contributed by atoms with Gasteiger partial charge < -0.3 is 9.90 Å². The van der Waals surface area contributed by atoms with Crippen molar-refractivity contribution in [1.82, 2.24) is 0 Å². The van der Waals surface area contributed by atoms with Crippen LogP contribution in [0.15, 0.2) is 12.2 Å². The molecule has 0 aliphatic rings. The summed E-state index contributed by atoms with van der Waals surface area (Å²) in [6.45, 7) is 6.46. The van der Waals surface area contributed by atoms with Crippen molar-refractivity contribution < 1.29 is 9.90 Å². The lowest BCUT2D eigenvalue weighted by molar-refractivity contribution is -0.109. The molecule has 0 saturated heterocycles. The summed E-state index contributed by atoms with van der Waals surface area (Å²) in [5.41, 5.74) is 0. The molecule has 0 aliphatic carbocycles. The van der Waals surface area contributed by atoms with Gasteiger partial charge in [-0.3, -0.25) is 0 Å². The maximum atomic E-state index is 10.0. The minimum atomic E-state index is -0.605. The van der Waals surface area contributed by atoms with Crippen LogP contribution in [0.3, 0.4) is 0 Å². The summed E-state index contributed by atoms with van der Waals surface area (Å²) >= 11 is 0. The van der Waals surface area contributed by atoms with E-state index < -0.39 is 6.10 Å². The molecule has 0 aromatic carbocycles. The van der Waals surface area contributed by atoms with Crippen LogP contribution in [0.25, 0.3) is 0 Å². The van der Waals surface area contributed by atoms with Gasteiger partial charge in [-0.15, -0.1) is 0 Å². The van der Waals surface area contributed by atoms with E-state index >= 15 is 0 Å². The van der Waals surface area contributed by atoms with Crippen molar-refractivity contribution in [3.8, 4) is 0 Å². The molecule has 1 N–H and O–H groups in total. The third kappa shape index (κ3) is 7.72. The average Bonchev–Trinajstić information content (AvgIpc) is 2.00. The summed E-state index contributed by atoms with van der Waals surface area (Å²) in [7, 11) is 0. The molecule has 0 spiro atoms. The zero-order valence-corrected chi connectivity index (χ0v) is 8.73. The van der Waals surface area contributed by atoms with Crippen LogP contribution < -0.4 is 0 Å². The number of rotatable bonds is 6. The van der Waals surface area contributed by atoms with Crippen LogP contribution in [-0.4, -0.2) is 17.5 Å². The van der Waals surface area contributed by atoms with Crippen molar-refractivity contribution >= 4 is 6.29 Å². The first-order valence-electron chi connectivity index (χ1n) is 4.86. The van der Waals surface area contributed by atoms with Gasteiger partial charge in [0.05, 0.1) is 6.10 Å². The fraction of sp³-hybridized carbons (Fsp3) is 0.727. The molecule has 0 radical (unpaired) electrons. The Bertz CT molecular complexity index is 161. The Hall–Kier alpha value is -0.630. The van der Waals surface area contributed by atoms with Gasteiger partial charge in [-0.25, -0.2) is 0 Å². The summed E-state index contributed by atoms with van der Waals surface area (Å²) < 4.78 is 0. The Kier molecular flexibility index (Phi) is 6.51. The summed E-state index contributed by atoms with van der Waals surface area (Å²) in [5.74, 6) is 1.14. The van der Waals surface area contributed by atoms with E-state index in [0.717, 1.165) is 12.7 Å². The summed E-state index contributed by atoms with van der Waals surface area (Å²) in [5, 5.41) is 9.21. The van der Waals surface area contributed by atoms with Crippen molar-refractivity contribution in [1.29, 1.82) is 0 Å². The molecule has 76 valence electrons. The molecule has 2 unspecified atom stereocenters. The number of aliphatic hydroxyl groups is 1. The van der Waals surface area contributed by atoms with E-state index in [1.807, 2.05) is 6.08 Å². The molecular formula is C11H20O2. The van der Waals surface area contributed by atoms with Crippen LogP contribution in [0, 0.1) is 11.8 Å². The van der Waals surface area contributed by atoms with Gasteiger partial charge in [-0.2, -0.15) is 0 Å². The van der Waals surface area contributed by atoms with Gasteiger partial charge in [0.25, 0.3) is 0 Å². The van der Waals surface area contributed by atoms with Gasteiger partial charge in [0.15, 0.2) is 0 Å². The molecule has 0 rings (SSSR count). The molecule has 0 aromatic rings. The Morgan fingerprint density at radius 1 is 1.23 bits per heavy atom. The van der Waals surface area contributed by atoms with Crippen LogP contribution in [0.4, 0.5) is 0 Å². The van der Waals surface area contributed by atoms with E-state index in [2.05, 4.69) is 20.8 Å². The number of carbonyl (C=O) groups excluding carboxylic acids is 1. The number of carbonyl (C=O) groups is 1. The van der Waals surface area contributed by atoms with Gasteiger partial charge in [-0.1, -0.05) is 32.9 Å². The molecule has 0 heterocycles. The second kappa shape index (κ2) is 6.84. The minimum Gasteiger partial charge on any atom is -0.389 e. The average molecular weight is 184 g/mol. The minimum absolute atomic E-state index is 0.199. The fourth-order valence-electron chi connectivity index (χ4n) is 1.32. The highest BCUT2D eigenvalue weighted by Crippen LogP contribution is 2.12. The first-order chi connectivity index (χ1) is 6.06. The molecular weight excluding hydrogens is 164 g/mol. The fourth-order valence-corrected chi connectivity index (χ4v) is 1.32. The van der Waals surface area contributed by atoms with E-state index in [1.165, 1.54) is 0 Å². The molecule has 0 amide bonds. The van der Waals surface area contributed by atoms with Crippen LogP contribution in [-0.2, 0) is 4.79 Å². The zero-order chi connectivity index (χ0) is 10.3. The lowest BCUT2D eigenvalue weighted by atomic mass is 9.98. The van der Waals surface area contributed by atoms with E-state index in [1.54, 1.807) is 6.08 Å². The van der Waals surface area contributed by atoms with Gasteiger partial charge in [0.2, 0.25) is 0 Å².